The Morgan fingerprint density at radius 3 is 2.68 bits per heavy atom. The Labute approximate surface area is 185 Å². The fraction of sp³-hybridized carbons (Fsp3) is 0.450. The van der Waals surface area contributed by atoms with Gasteiger partial charge in [0.25, 0.3) is 0 Å². The third-order valence-electron chi connectivity index (χ3n) is 4.93. The van der Waals surface area contributed by atoms with Crippen LogP contribution in [-0.2, 0) is 17.8 Å². The molecule has 1 fully saturated rings. The van der Waals surface area contributed by atoms with Gasteiger partial charge < -0.3 is 15.1 Å². The zero-order chi connectivity index (χ0) is 22.2. The second-order valence-corrected chi connectivity index (χ2v) is 7.57. The van der Waals surface area contributed by atoms with Crippen molar-refractivity contribution in [3.8, 4) is 0 Å². The lowest BCUT2D eigenvalue weighted by Gasteiger charge is -2.36. The van der Waals surface area contributed by atoms with Gasteiger partial charge in [-0.15, -0.1) is 0 Å². The molecule has 0 atom stereocenters. The lowest BCUT2D eigenvalue weighted by Crippen LogP contribution is -2.54. The van der Waals surface area contributed by atoms with Crippen LogP contribution in [0.2, 0.25) is 5.02 Å². The van der Waals surface area contributed by atoms with Gasteiger partial charge in [-0.25, -0.2) is 0 Å². The molecule has 0 aliphatic carbocycles. The number of rotatable bonds is 7. The van der Waals surface area contributed by atoms with E-state index >= 15 is 0 Å². The van der Waals surface area contributed by atoms with Crippen LogP contribution in [0.15, 0.2) is 41.7 Å². The van der Waals surface area contributed by atoms with Gasteiger partial charge in [-0.1, -0.05) is 23.7 Å². The molecule has 11 heteroatoms. The van der Waals surface area contributed by atoms with Gasteiger partial charge in [0.15, 0.2) is 5.96 Å². The summed E-state index contributed by atoms with van der Waals surface area (Å²) in [5, 5.41) is 18.6. The molecule has 1 aliphatic heterocycles. The maximum absolute atomic E-state index is 12.6. The van der Waals surface area contributed by atoms with E-state index in [-0.39, 0.29) is 11.6 Å². The first kappa shape index (κ1) is 22.5. The molecule has 1 amide bonds. The highest BCUT2D eigenvalue weighted by molar-refractivity contribution is 6.30. The largest absolute Gasteiger partial charge is 0.357 e. The normalized spacial score (nSPS) is 14.6. The maximum Gasteiger partial charge on any atom is 0.306 e. The molecule has 31 heavy (non-hydrogen) atoms. The van der Waals surface area contributed by atoms with Crippen molar-refractivity contribution in [2.45, 2.75) is 19.9 Å². The molecule has 166 valence electrons. The summed E-state index contributed by atoms with van der Waals surface area (Å²) in [4.78, 5) is 31.5. The first-order valence-corrected chi connectivity index (χ1v) is 10.6. The third kappa shape index (κ3) is 6.42. The van der Waals surface area contributed by atoms with Crippen LogP contribution >= 0.6 is 11.6 Å². The first-order valence-electron chi connectivity index (χ1n) is 10.2. The maximum atomic E-state index is 12.6. The minimum absolute atomic E-state index is 0.0329. The lowest BCUT2D eigenvalue weighted by molar-refractivity contribution is -0.385. The number of guanidine groups is 1. The van der Waals surface area contributed by atoms with E-state index in [1.165, 1.54) is 17.1 Å². The Balaban J connectivity index is 1.51. The van der Waals surface area contributed by atoms with Crippen LogP contribution in [0, 0.1) is 10.1 Å². The molecule has 2 heterocycles. The van der Waals surface area contributed by atoms with Gasteiger partial charge in [-0.3, -0.25) is 24.6 Å². The van der Waals surface area contributed by atoms with Crippen molar-refractivity contribution in [3.63, 3.8) is 0 Å². The molecular weight excluding hydrogens is 422 g/mol. The van der Waals surface area contributed by atoms with Crippen LogP contribution < -0.4 is 5.32 Å². The zero-order valence-electron chi connectivity index (χ0n) is 17.4. The number of carbonyl (C=O) groups is 1. The molecule has 10 nitrogen and oxygen atoms in total. The topological polar surface area (TPSA) is 109 Å². The van der Waals surface area contributed by atoms with Crippen molar-refractivity contribution in [3.05, 3.63) is 57.4 Å². The van der Waals surface area contributed by atoms with Gasteiger partial charge in [0.05, 0.1) is 24.4 Å². The Hall–Kier alpha value is -3.14. The van der Waals surface area contributed by atoms with Crippen molar-refractivity contribution < 1.29 is 9.72 Å². The van der Waals surface area contributed by atoms with Crippen LogP contribution in [0.5, 0.6) is 0 Å². The van der Waals surface area contributed by atoms with Crippen LogP contribution in [0.4, 0.5) is 5.69 Å². The number of benzene rings is 1. The van der Waals surface area contributed by atoms with Crippen molar-refractivity contribution in [1.82, 2.24) is 24.9 Å². The number of nitrogens with one attached hydrogen (secondary N) is 1. The molecule has 1 N–H and O–H groups in total. The Bertz CT molecular complexity index is 938. The molecule has 0 bridgehead atoms. The monoisotopic (exact) mass is 447 g/mol. The number of halogens is 1. The number of piperazine rings is 1. The van der Waals surface area contributed by atoms with E-state index in [0.717, 1.165) is 18.1 Å². The highest BCUT2D eigenvalue weighted by Crippen LogP contribution is 2.13. The minimum Gasteiger partial charge on any atom is -0.357 e. The molecule has 1 aliphatic rings. The fourth-order valence-electron chi connectivity index (χ4n) is 3.35. The smallest absolute Gasteiger partial charge is 0.306 e. The van der Waals surface area contributed by atoms with Gasteiger partial charge >= 0.3 is 5.69 Å². The number of hydrogen-bond acceptors (Lipinski definition) is 5. The average Bonchev–Trinajstić information content (AvgIpc) is 3.23. The third-order valence-corrected chi connectivity index (χ3v) is 5.17. The summed E-state index contributed by atoms with van der Waals surface area (Å²) in [6.45, 7) is 6.21. The summed E-state index contributed by atoms with van der Waals surface area (Å²) in [7, 11) is 0. The van der Waals surface area contributed by atoms with Gasteiger partial charge in [-0.2, -0.15) is 5.10 Å². The van der Waals surface area contributed by atoms with Gasteiger partial charge in [0, 0.05) is 37.7 Å². The number of nitrogens with zero attached hydrogens (tertiary/aromatic N) is 6. The molecule has 1 aromatic heterocycles. The number of amides is 1. The summed E-state index contributed by atoms with van der Waals surface area (Å²) >= 11 is 6.01. The van der Waals surface area contributed by atoms with Crippen molar-refractivity contribution >= 4 is 29.2 Å². The van der Waals surface area contributed by atoms with Crippen molar-refractivity contribution in [2.24, 2.45) is 4.99 Å². The van der Waals surface area contributed by atoms with E-state index in [4.69, 9.17) is 11.6 Å². The predicted molar refractivity (Wildman–Crippen MR) is 118 cm³/mol. The summed E-state index contributed by atoms with van der Waals surface area (Å²) in [5.41, 5.74) is 0.878. The molecule has 0 unspecified atom stereocenters. The predicted octanol–water partition coefficient (Wildman–Crippen LogP) is 1.80. The van der Waals surface area contributed by atoms with Crippen LogP contribution in [0.25, 0.3) is 0 Å². The second kappa shape index (κ2) is 10.8. The summed E-state index contributed by atoms with van der Waals surface area (Å²) < 4.78 is 1.51. The Morgan fingerprint density at radius 1 is 1.29 bits per heavy atom. The van der Waals surface area contributed by atoms with Gasteiger partial charge in [-0.05, 0) is 24.6 Å². The molecular formula is C20H26ClN7O3. The quantitative estimate of drug-likeness (QED) is 0.300. The molecule has 3 rings (SSSR count). The molecule has 1 saturated heterocycles. The van der Waals surface area contributed by atoms with Gasteiger partial charge in [0.1, 0.15) is 12.4 Å². The SMILES string of the molecule is CCNC(=NCCn1cc([N+](=O)[O-])cn1)N1CCN(C(=O)Cc2cccc(Cl)c2)CC1. The number of hydrogen-bond donors (Lipinski definition) is 1. The second-order valence-electron chi connectivity index (χ2n) is 7.13. The first-order chi connectivity index (χ1) is 15.0. The van der Waals surface area contributed by atoms with Crippen LogP contribution in [-0.4, -0.2) is 75.6 Å². The van der Waals surface area contributed by atoms with E-state index in [0.29, 0.717) is 50.7 Å². The minimum atomic E-state index is -0.468. The van der Waals surface area contributed by atoms with Crippen molar-refractivity contribution in [1.29, 1.82) is 0 Å². The van der Waals surface area contributed by atoms with E-state index in [1.807, 2.05) is 30.0 Å². The Morgan fingerprint density at radius 2 is 2.03 bits per heavy atom. The number of nitro groups is 1. The van der Waals surface area contributed by atoms with E-state index in [2.05, 4.69) is 20.3 Å². The molecule has 1 aromatic carbocycles. The highest BCUT2D eigenvalue weighted by atomic mass is 35.5. The van der Waals surface area contributed by atoms with Crippen LogP contribution in [0.1, 0.15) is 12.5 Å². The van der Waals surface area contributed by atoms with E-state index < -0.39 is 4.92 Å². The molecule has 0 radical (unpaired) electrons. The summed E-state index contributed by atoms with van der Waals surface area (Å²) in [6, 6.07) is 7.37. The van der Waals surface area contributed by atoms with Crippen molar-refractivity contribution in [2.75, 3.05) is 39.3 Å². The average molecular weight is 448 g/mol. The standard InChI is InChI=1S/C20H26ClN7O3/c1-2-22-20(23-6-7-27-15-18(14-24-27)28(30)31)26-10-8-25(9-11-26)19(29)13-16-4-3-5-17(21)12-16/h3-5,12,14-15H,2,6-11,13H2,1H3,(H,22,23). The number of carbonyl (C=O) groups excluding carboxylic acids is 1. The summed E-state index contributed by atoms with van der Waals surface area (Å²) in [6.07, 6.45) is 2.96. The molecule has 0 saturated carbocycles. The molecule has 2 aromatic rings. The number of aliphatic imine (C=N–C) groups is 1. The Kier molecular flexibility index (Phi) is 7.82. The fourth-order valence-corrected chi connectivity index (χ4v) is 3.57. The van der Waals surface area contributed by atoms with E-state index in [1.54, 1.807) is 6.07 Å². The lowest BCUT2D eigenvalue weighted by atomic mass is 10.1. The summed E-state index contributed by atoms with van der Waals surface area (Å²) in [5.74, 6) is 0.857. The number of aromatic nitrogens is 2. The zero-order valence-corrected chi connectivity index (χ0v) is 18.2. The van der Waals surface area contributed by atoms with E-state index in [9.17, 15) is 14.9 Å². The molecule has 0 spiro atoms. The van der Waals surface area contributed by atoms with Crippen LogP contribution in [0.3, 0.4) is 0 Å². The highest BCUT2D eigenvalue weighted by Gasteiger charge is 2.23. The van der Waals surface area contributed by atoms with Gasteiger partial charge in [0.2, 0.25) is 5.91 Å².